The van der Waals surface area contributed by atoms with Crippen molar-refractivity contribution < 1.29 is 0 Å². The largest absolute Gasteiger partial charge is 0.309 e. The predicted molar refractivity (Wildman–Crippen MR) is 66.1 cm³/mol. The van der Waals surface area contributed by atoms with Gasteiger partial charge in [-0.05, 0) is 33.1 Å². The van der Waals surface area contributed by atoms with Gasteiger partial charge >= 0.3 is 0 Å². The van der Waals surface area contributed by atoms with Crippen LogP contribution in [-0.4, -0.2) is 48.6 Å². The zero-order valence-corrected chi connectivity index (χ0v) is 10.7. The summed E-state index contributed by atoms with van der Waals surface area (Å²) in [4.78, 5) is 2.45. The van der Waals surface area contributed by atoms with Crippen molar-refractivity contribution in [1.82, 2.24) is 10.2 Å². The Labute approximate surface area is 92.8 Å². The van der Waals surface area contributed by atoms with Crippen molar-refractivity contribution in [1.29, 1.82) is 0 Å². The summed E-state index contributed by atoms with van der Waals surface area (Å²) in [5, 5.41) is 3.76. The van der Waals surface area contributed by atoms with Crippen molar-refractivity contribution in [3.63, 3.8) is 0 Å². The lowest BCUT2D eigenvalue weighted by Gasteiger charge is -2.20. The first-order chi connectivity index (χ1) is 6.67. The number of nitrogens with zero attached hydrogens (tertiary/aromatic N) is 1. The lowest BCUT2D eigenvalue weighted by Crippen LogP contribution is -2.40. The molecule has 0 aliphatic carbocycles. The van der Waals surface area contributed by atoms with Crippen LogP contribution in [0, 0.1) is 0 Å². The smallest absolute Gasteiger partial charge is 0.0212 e. The van der Waals surface area contributed by atoms with Crippen LogP contribution in [0.25, 0.3) is 0 Å². The molecular formula is C11H24N2S. The highest BCUT2D eigenvalue weighted by atomic mass is 32.2. The van der Waals surface area contributed by atoms with Crippen molar-refractivity contribution in [3.05, 3.63) is 0 Å². The molecule has 1 N–H and O–H groups in total. The van der Waals surface area contributed by atoms with E-state index in [2.05, 4.69) is 37.4 Å². The minimum atomic E-state index is 0.703. The van der Waals surface area contributed by atoms with Crippen LogP contribution in [-0.2, 0) is 0 Å². The van der Waals surface area contributed by atoms with Crippen LogP contribution >= 0.6 is 11.8 Å². The molecule has 1 saturated heterocycles. The monoisotopic (exact) mass is 216 g/mol. The first-order valence-electron chi connectivity index (χ1n) is 5.62. The maximum Gasteiger partial charge on any atom is 0.0212 e. The molecule has 2 nitrogen and oxygen atoms in total. The summed E-state index contributed by atoms with van der Waals surface area (Å²) in [6.45, 7) is 5.80. The minimum Gasteiger partial charge on any atom is -0.309 e. The summed E-state index contributed by atoms with van der Waals surface area (Å²) in [5.41, 5.74) is 0. The number of hydrogen-bond donors (Lipinski definition) is 1. The molecule has 3 heteroatoms. The van der Waals surface area contributed by atoms with Crippen LogP contribution in [0.1, 0.15) is 26.7 Å². The fourth-order valence-electron chi connectivity index (χ4n) is 2.13. The van der Waals surface area contributed by atoms with Crippen LogP contribution in [0.2, 0.25) is 0 Å². The predicted octanol–water partition coefficient (Wildman–Crippen LogP) is 1.81. The molecule has 14 heavy (non-hydrogen) atoms. The molecule has 0 radical (unpaired) electrons. The quantitative estimate of drug-likeness (QED) is 0.754. The summed E-state index contributed by atoms with van der Waals surface area (Å²) in [6.07, 6.45) is 4.74. The molecule has 0 bridgehead atoms. The van der Waals surface area contributed by atoms with Crippen LogP contribution in [0.4, 0.5) is 0 Å². The van der Waals surface area contributed by atoms with E-state index in [1.54, 1.807) is 0 Å². The molecule has 0 spiro atoms. The molecule has 1 rings (SSSR count). The van der Waals surface area contributed by atoms with Gasteiger partial charge in [-0.3, -0.25) is 0 Å². The van der Waals surface area contributed by atoms with Crippen molar-refractivity contribution >= 4 is 11.8 Å². The van der Waals surface area contributed by atoms with Crippen LogP contribution < -0.4 is 5.32 Å². The van der Waals surface area contributed by atoms with Crippen LogP contribution in [0.15, 0.2) is 0 Å². The molecule has 3 atom stereocenters. The van der Waals surface area contributed by atoms with Gasteiger partial charge in [-0.2, -0.15) is 11.8 Å². The third-order valence-electron chi connectivity index (χ3n) is 3.22. The molecule has 0 amide bonds. The molecule has 0 aromatic rings. The van der Waals surface area contributed by atoms with E-state index in [9.17, 15) is 0 Å². The fraction of sp³-hybridized carbons (Fsp3) is 1.00. The van der Waals surface area contributed by atoms with Gasteiger partial charge < -0.3 is 10.2 Å². The van der Waals surface area contributed by atoms with Gasteiger partial charge in [0.15, 0.2) is 0 Å². The standard InChI is InChI=1S/C11H24N2S/c1-5-10(8-14-4)12-11-6-9(2)13(3)7-11/h9-12H,5-8H2,1-4H3. The number of nitrogens with one attached hydrogen (secondary N) is 1. The lowest BCUT2D eigenvalue weighted by molar-refractivity contribution is 0.324. The van der Waals surface area contributed by atoms with Crippen molar-refractivity contribution in [2.45, 2.75) is 44.8 Å². The van der Waals surface area contributed by atoms with Crippen molar-refractivity contribution in [2.24, 2.45) is 0 Å². The summed E-state index contributed by atoms with van der Waals surface area (Å²) in [7, 11) is 2.22. The van der Waals surface area contributed by atoms with Gasteiger partial charge in [-0.1, -0.05) is 6.92 Å². The van der Waals surface area contributed by atoms with Gasteiger partial charge in [-0.25, -0.2) is 0 Å². The zero-order chi connectivity index (χ0) is 10.6. The Morgan fingerprint density at radius 2 is 2.29 bits per heavy atom. The van der Waals surface area contributed by atoms with E-state index in [0.29, 0.717) is 12.1 Å². The second-order valence-corrected chi connectivity index (χ2v) is 5.36. The van der Waals surface area contributed by atoms with Crippen LogP contribution in [0.5, 0.6) is 0 Å². The Hall–Kier alpha value is 0.270. The highest BCUT2D eigenvalue weighted by Gasteiger charge is 2.26. The number of likely N-dealkylation sites (N-methyl/N-ethyl adjacent to an activating group) is 1. The molecule has 84 valence electrons. The summed E-state index contributed by atoms with van der Waals surface area (Å²) in [6, 6.07) is 2.17. The Morgan fingerprint density at radius 1 is 1.57 bits per heavy atom. The molecule has 0 saturated carbocycles. The molecular weight excluding hydrogens is 192 g/mol. The average molecular weight is 216 g/mol. The van der Waals surface area contributed by atoms with Gasteiger partial charge in [0.2, 0.25) is 0 Å². The van der Waals surface area contributed by atoms with E-state index in [1.807, 2.05) is 11.8 Å². The zero-order valence-electron chi connectivity index (χ0n) is 9.92. The lowest BCUT2D eigenvalue weighted by atomic mass is 10.1. The number of rotatable bonds is 5. The summed E-state index contributed by atoms with van der Waals surface area (Å²) < 4.78 is 0. The highest BCUT2D eigenvalue weighted by Crippen LogP contribution is 2.16. The topological polar surface area (TPSA) is 15.3 Å². The van der Waals surface area contributed by atoms with E-state index in [1.165, 1.54) is 25.1 Å². The Bertz CT molecular complexity index is 153. The maximum atomic E-state index is 3.76. The average Bonchev–Trinajstić information content (AvgIpc) is 2.45. The van der Waals surface area contributed by atoms with E-state index in [-0.39, 0.29) is 0 Å². The molecule has 1 aliphatic heterocycles. The van der Waals surface area contributed by atoms with Crippen molar-refractivity contribution in [2.75, 3.05) is 25.6 Å². The van der Waals surface area contributed by atoms with Gasteiger partial charge in [0.25, 0.3) is 0 Å². The number of hydrogen-bond acceptors (Lipinski definition) is 3. The minimum absolute atomic E-state index is 0.703. The van der Waals surface area contributed by atoms with Gasteiger partial charge in [0.05, 0.1) is 0 Å². The Morgan fingerprint density at radius 3 is 2.71 bits per heavy atom. The second kappa shape index (κ2) is 5.99. The van der Waals surface area contributed by atoms with E-state index < -0.39 is 0 Å². The number of likely N-dealkylation sites (tertiary alicyclic amines) is 1. The van der Waals surface area contributed by atoms with Crippen molar-refractivity contribution in [3.8, 4) is 0 Å². The second-order valence-electron chi connectivity index (χ2n) is 4.45. The van der Waals surface area contributed by atoms with Gasteiger partial charge in [-0.15, -0.1) is 0 Å². The first kappa shape index (κ1) is 12.3. The summed E-state index contributed by atoms with van der Waals surface area (Å²) in [5.74, 6) is 1.24. The highest BCUT2D eigenvalue weighted by molar-refractivity contribution is 7.98. The van der Waals surface area contributed by atoms with Gasteiger partial charge in [0, 0.05) is 30.4 Å². The first-order valence-corrected chi connectivity index (χ1v) is 7.02. The maximum absolute atomic E-state index is 3.76. The van der Waals surface area contributed by atoms with Gasteiger partial charge in [0.1, 0.15) is 0 Å². The molecule has 1 aliphatic rings. The molecule has 0 aromatic heterocycles. The summed E-state index contributed by atoms with van der Waals surface area (Å²) >= 11 is 1.94. The molecule has 3 unspecified atom stereocenters. The Kier molecular flexibility index (Phi) is 5.28. The molecule has 0 aromatic carbocycles. The fourth-order valence-corrected chi connectivity index (χ4v) is 2.87. The molecule has 1 heterocycles. The molecule has 1 fully saturated rings. The van der Waals surface area contributed by atoms with E-state index in [4.69, 9.17) is 0 Å². The third-order valence-corrected chi connectivity index (χ3v) is 3.95. The van der Waals surface area contributed by atoms with Crippen LogP contribution in [0.3, 0.4) is 0 Å². The van der Waals surface area contributed by atoms with E-state index >= 15 is 0 Å². The third kappa shape index (κ3) is 3.44. The Balaban J connectivity index is 2.29. The SMILES string of the molecule is CCC(CSC)NC1CC(C)N(C)C1. The van der Waals surface area contributed by atoms with E-state index in [0.717, 1.165) is 6.04 Å². The normalized spacial score (nSPS) is 30.9. The number of thioether (sulfide) groups is 1.